The van der Waals surface area contributed by atoms with Gasteiger partial charge in [0.1, 0.15) is 11.5 Å². The fourth-order valence-electron chi connectivity index (χ4n) is 2.89. The summed E-state index contributed by atoms with van der Waals surface area (Å²) >= 11 is 0. The molecule has 18 heavy (non-hydrogen) atoms. The summed E-state index contributed by atoms with van der Waals surface area (Å²) in [6.07, 6.45) is 3.57. The van der Waals surface area contributed by atoms with Crippen molar-refractivity contribution in [2.24, 2.45) is 11.8 Å². The van der Waals surface area contributed by atoms with Gasteiger partial charge in [-0.1, -0.05) is 26.7 Å². The van der Waals surface area contributed by atoms with Crippen LogP contribution in [0.4, 0.5) is 0 Å². The molecule has 1 aromatic rings. The van der Waals surface area contributed by atoms with E-state index in [4.69, 9.17) is 4.42 Å². The molecule has 1 saturated carbocycles. The SMILES string of the molecule is Cc1cc(C(=O)N[C@@H]2CCC[C@@H](C)[C@H]2C)c(C)o1. The molecule has 100 valence electrons. The van der Waals surface area contributed by atoms with E-state index in [1.807, 2.05) is 19.9 Å². The van der Waals surface area contributed by atoms with Crippen LogP contribution < -0.4 is 5.32 Å². The van der Waals surface area contributed by atoms with Crippen molar-refractivity contribution >= 4 is 5.91 Å². The summed E-state index contributed by atoms with van der Waals surface area (Å²) in [5.41, 5.74) is 0.679. The second-order valence-electron chi connectivity index (χ2n) is 5.67. The summed E-state index contributed by atoms with van der Waals surface area (Å²) in [6.45, 7) is 8.22. The lowest BCUT2D eigenvalue weighted by atomic mass is 9.78. The van der Waals surface area contributed by atoms with E-state index < -0.39 is 0 Å². The van der Waals surface area contributed by atoms with Crippen LogP contribution in [0.1, 0.15) is 55.0 Å². The minimum absolute atomic E-state index is 0.00954. The maximum Gasteiger partial charge on any atom is 0.255 e. The molecule has 1 aliphatic carbocycles. The monoisotopic (exact) mass is 249 g/mol. The third-order valence-electron chi connectivity index (χ3n) is 4.31. The number of carbonyl (C=O) groups is 1. The molecule has 1 fully saturated rings. The molecular formula is C15H23NO2. The first kappa shape index (κ1) is 13.2. The van der Waals surface area contributed by atoms with Crippen molar-refractivity contribution in [3.63, 3.8) is 0 Å². The number of aryl methyl sites for hydroxylation is 2. The summed E-state index contributed by atoms with van der Waals surface area (Å²) in [7, 11) is 0. The lowest BCUT2D eigenvalue weighted by Gasteiger charge is -2.34. The Labute approximate surface area is 109 Å². The van der Waals surface area contributed by atoms with Crippen LogP contribution in [-0.2, 0) is 0 Å². The number of hydrogen-bond acceptors (Lipinski definition) is 2. The normalized spacial score (nSPS) is 28.1. The van der Waals surface area contributed by atoms with Crippen LogP contribution in [-0.4, -0.2) is 11.9 Å². The fraction of sp³-hybridized carbons (Fsp3) is 0.667. The van der Waals surface area contributed by atoms with E-state index in [2.05, 4.69) is 19.2 Å². The highest BCUT2D eigenvalue weighted by molar-refractivity contribution is 5.95. The number of furan rings is 1. The summed E-state index contributed by atoms with van der Waals surface area (Å²) in [4.78, 5) is 12.2. The zero-order chi connectivity index (χ0) is 13.3. The maximum atomic E-state index is 12.2. The van der Waals surface area contributed by atoms with Gasteiger partial charge < -0.3 is 9.73 Å². The van der Waals surface area contributed by atoms with Gasteiger partial charge in [-0.05, 0) is 38.2 Å². The van der Waals surface area contributed by atoms with Gasteiger partial charge in [0.25, 0.3) is 5.91 Å². The lowest BCUT2D eigenvalue weighted by Crippen LogP contribution is -2.43. The predicted molar refractivity (Wildman–Crippen MR) is 71.6 cm³/mol. The largest absolute Gasteiger partial charge is 0.466 e. The van der Waals surface area contributed by atoms with Crippen molar-refractivity contribution in [3.05, 3.63) is 23.2 Å². The molecule has 0 radical (unpaired) electrons. The minimum Gasteiger partial charge on any atom is -0.466 e. The highest BCUT2D eigenvalue weighted by atomic mass is 16.3. The molecule has 0 aromatic carbocycles. The number of amides is 1. The summed E-state index contributed by atoms with van der Waals surface area (Å²) < 4.78 is 5.41. The van der Waals surface area contributed by atoms with Crippen molar-refractivity contribution in [2.75, 3.05) is 0 Å². The highest BCUT2D eigenvalue weighted by Gasteiger charge is 2.29. The van der Waals surface area contributed by atoms with Gasteiger partial charge in [-0.25, -0.2) is 0 Å². The first-order chi connectivity index (χ1) is 8.49. The van der Waals surface area contributed by atoms with Gasteiger partial charge in [0.05, 0.1) is 5.56 Å². The summed E-state index contributed by atoms with van der Waals surface area (Å²) in [5.74, 6) is 2.76. The molecule has 1 amide bonds. The first-order valence-electron chi connectivity index (χ1n) is 6.87. The summed E-state index contributed by atoms with van der Waals surface area (Å²) in [5, 5.41) is 3.17. The smallest absolute Gasteiger partial charge is 0.255 e. The average molecular weight is 249 g/mol. The van der Waals surface area contributed by atoms with Crippen LogP contribution in [0, 0.1) is 25.7 Å². The molecule has 0 aliphatic heterocycles. The zero-order valence-electron chi connectivity index (χ0n) is 11.7. The Bertz CT molecular complexity index is 436. The molecule has 0 spiro atoms. The first-order valence-corrected chi connectivity index (χ1v) is 6.87. The van der Waals surface area contributed by atoms with Crippen molar-refractivity contribution in [2.45, 2.75) is 53.0 Å². The molecular weight excluding hydrogens is 226 g/mol. The van der Waals surface area contributed by atoms with Crippen LogP contribution in [0.15, 0.2) is 10.5 Å². The van der Waals surface area contributed by atoms with Gasteiger partial charge in [-0.15, -0.1) is 0 Å². The van der Waals surface area contributed by atoms with Gasteiger partial charge in [-0.3, -0.25) is 4.79 Å². The van der Waals surface area contributed by atoms with E-state index in [-0.39, 0.29) is 5.91 Å². The predicted octanol–water partition coefficient (Wildman–Crippen LogP) is 3.45. The second-order valence-corrected chi connectivity index (χ2v) is 5.67. The van der Waals surface area contributed by atoms with Gasteiger partial charge in [0.2, 0.25) is 0 Å². The van der Waals surface area contributed by atoms with E-state index in [0.717, 1.165) is 12.2 Å². The Balaban J connectivity index is 2.05. The molecule has 3 heteroatoms. The molecule has 1 aromatic heterocycles. The van der Waals surface area contributed by atoms with Gasteiger partial charge >= 0.3 is 0 Å². The second kappa shape index (κ2) is 5.17. The Hall–Kier alpha value is -1.25. The van der Waals surface area contributed by atoms with Gasteiger partial charge in [0, 0.05) is 6.04 Å². The third kappa shape index (κ3) is 2.60. The number of nitrogens with one attached hydrogen (secondary N) is 1. The Morgan fingerprint density at radius 3 is 2.67 bits per heavy atom. The average Bonchev–Trinajstić information content (AvgIpc) is 2.64. The van der Waals surface area contributed by atoms with E-state index in [9.17, 15) is 4.79 Å². The topological polar surface area (TPSA) is 42.2 Å². The number of carbonyl (C=O) groups excluding carboxylic acids is 1. The van der Waals surface area contributed by atoms with Crippen LogP contribution in [0.3, 0.4) is 0 Å². The molecule has 0 unspecified atom stereocenters. The quantitative estimate of drug-likeness (QED) is 0.872. The highest BCUT2D eigenvalue weighted by Crippen LogP contribution is 2.29. The fourth-order valence-corrected chi connectivity index (χ4v) is 2.89. The Kier molecular flexibility index (Phi) is 3.79. The standard InChI is InChI=1S/C15H23NO2/c1-9-6-5-7-14(11(9)3)16-15(17)13-8-10(2)18-12(13)4/h8-9,11,14H,5-7H2,1-4H3,(H,16,17)/t9-,11-,14-/m1/s1. The minimum atomic E-state index is 0.00954. The molecule has 0 saturated heterocycles. The van der Waals surface area contributed by atoms with E-state index in [0.29, 0.717) is 29.2 Å². The van der Waals surface area contributed by atoms with Gasteiger partial charge in [0.15, 0.2) is 0 Å². The maximum absolute atomic E-state index is 12.2. The number of hydrogen-bond donors (Lipinski definition) is 1. The van der Waals surface area contributed by atoms with Crippen LogP contribution in [0.25, 0.3) is 0 Å². The van der Waals surface area contributed by atoms with Crippen molar-refractivity contribution in [3.8, 4) is 0 Å². The van der Waals surface area contributed by atoms with E-state index in [1.165, 1.54) is 12.8 Å². The molecule has 3 atom stereocenters. The molecule has 0 bridgehead atoms. The number of rotatable bonds is 2. The van der Waals surface area contributed by atoms with Crippen molar-refractivity contribution in [1.82, 2.24) is 5.32 Å². The van der Waals surface area contributed by atoms with Crippen molar-refractivity contribution in [1.29, 1.82) is 0 Å². The molecule has 3 nitrogen and oxygen atoms in total. The molecule has 2 rings (SSSR count). The van der Waals surface area contributed by atoms with Gasteiger partial charge in [-0.2, -0.15) is 0 Å². The molecule has 1 heterocycles. The van der Waals surface area contributed by atoms with Crippen molar-refractivity contribution < 1.29 is 9.21 Å². The van der Waals surface area contributed by atoms with E-state index >= 15 is 0 Å². The van der Waals surface area contributed by atoms with Crippen LogP contribution in [0.2, 0.25) is 0 Å². The molecule has 1 aliphatic rings. The third-order valence-corrected chi connectivity index (χ3v) is 4.31. The summed E-state index contributed by atoms with van der Waals surface area (Å²) in [6, 6.07) is 2.12. The Morgan fingerprint density at radius 2 is 2.06 bits per heavy atom. The zero-order valence-corrected chi connectivity index (χ0v) is 11.7. The lowest BCUT2D eigenvalue weighted by molar-refractivity contribution is 0.0889. The Morgan fingerprint density at radius 1 is 1.33 bits per heavy atom. The van der Waals surface area contributed by atoms with Crippen LogP contribution in [0.5, 0.6) is 0 Å². The van der Waals surface area contributed by atoms with Crippen LogP contribution >= 0.6 is 0 Å². The van der Waals surface area contributed by atoms with E-state index in [1.54, 1.807) is 0 Å². The molecule has 1 N–H and O–H groups in total.